The highest BCUT2D eigenvalue weighted by atomic mass is 19.1. The molecule has 0 amide bonds. The van der Waals surface area contributed by atoms with E-state index in [0.29, 0.717) is 13.1 Å². The van der Waals surface area contributed by atoms with Crippen LogP contribution in [0.4, 0.5) is 10.1 Å². The van der Waals surface area contributed by atoms with Crippen LogP contribution in [0, 0.1) is 5.82 Å². The summed E-state index contributed by atoms with van der Waals surface area (Å²) in [7, 11) is 1.63. The van der Waals surface area contributed by atoms with E-state index in [1.165, 1.54) is 18.2 Å². The van der Waals surface area contributed by atoms with Crippen LogP contribution in [0.15, 0.2) is 18.2 Å². The van der Waals surface area contributed by atoms with Crippen molar-refractivity contribution in [2.24, 2.45) is 0 Å². The molecule has 1 saturated heterocycles. The minimum absolute atomic E-state index is 0.000327. The van der Waals surface area contributed by atoms with Crippen molar-refractivity contribution in [1.82, 2.24) is 0 Å². The molecule has 1 fully saturated rings. The van der Waals surface area contributed by atoms with Crippen LogP contribution in [0.5, 0.6) is 0 Å². The van der Waals surface area contributed by atoms with E-state index in [1.54, 1.807) is 12.0 Å². The number of halogens is 1. The van der Waals surface area contributed by atoms with Gasteiger partial charge in [-0.05, 0) is 31.9 Å². The molecule has 2 rings (SSSR count). The number of aromatic carboxylic acids is 1. The van der Waals surface area contributed by atoms with E-state index >= 15 is 0 Å². The van der Waals surface area contributed by atoms with E-state index in [2.05, 4.69) is 0 Å². The molecule has 104 valence electrons. The Hall–Kier alpha value is -1.62. The highest BCUT2D eigenvalue weighted by Crippen LogP contribution is 2.32. The van der Waals surface area contributed by atoms with Gasteiger partial charge in [0.15, 0.2) is 0 Å². The average molecular weight is 267 g/mol. The maximum Gasteiger partial charge on any atom is 0.337 e. The van der Waals surface area contributed by atoms with Crippen molar-refractivity contribution in [3.8, 4) is 0 Å². The van der Waals surface area contributed by atoms with Gasteiger partial charge in [-0.3, -0.25) is 0 Å². The smallest absolute Gasteiger partial charge is 0.337 e. The molecule has 1 aromatic carbocycles. The monoisotopic (exact) mass is 267 g/mol. The second-order valence-corrected chi connectivity index (χ2v) is 5.12. The largest absolute Gasteiger partial charge is 0.478 e. The molecule has 1 aromatic rings. The van der Waals surface area contributed by atoms with Crippen LogP contribution < -0.4 is 4.90 Å². The second-order valence-electron chi connectivity index (χ2n) is 5.12. The molecule has 0 saturated carbocycles. The summed E-state index contributed by atoms with van der Waals surface area (Å²) < 4.78 is 19.5. The van der Waals surface area contributed by atoms with Crippen LogP contribution in [-0.2, 0) is 4.74 Å². The highest BCUT2D eigenvalue weighted by molar-refractivity contribution is 5.94. The van der Waals surface area contributed by atoms with Gasteiger partial charge in [0.1, 0.15) is 5.82 Å². The quantitative estimate of drug-likeness (QED) is 0.914. The molecule has 5 heteroatoms. The number of hydrogen-bond donors (Lipinski definition) is 1. The van der Waals surface area contributed by atoms with Crippen LogP contribution in [0.25, 0.3) is 0 Å². The number of ether oxygens (including phenoxy) is 1. The molecule has 1 atom stereocenters. The Bertz CT molecular complexity index is 492. The summed E-state index contributed by atoms with van der Waals surface area (Å²) in [6, 6.07) is 4.14. The zero-order chi connectivity index (χ0) is 14.0. The number of para-hydroxylation sites is 1. The van der Waals surface area contributed by atoms with Crippen molar-refractivity contribution < 1.29 is 19.0 Å². The van der Waals surface area contributed by atoms with Gasteiger partial charge in [0.05, 0.1) is 16.9 Å². The molecule has 1 aliphatic heterocycles. The van der Waals surface area contributed by atoms with Gasteiger partial charge in [-0.2, -0.15) is 0 Å². The Morgan fingerprint density at radius 2 is 2.26 bits per heavy atom. The van der Waals surface area contributed by atoms with Crippen molar-refractivity contribution in [1.29, 1.82) is 0 Å². The predicted molar refractivity (Wildman–Crippen MR) is 70.2 cm³/mol. The van der Waals surface area contributed by atoms with E-state index in [0.717, 1.165) is 12.8 Å². The number of anilines is 1. The summed E-state index contributed by atoms with van der Waals surface area (Å²) >= 11 is 0. The summed E-state index contributed by atoms with van der Waals surface area (Å²) in [5, 5.41) is 9.18. The minimum atomic E-state index is -1.11. The molecule has 1 unspecified atom stereocenters. The number of carboxylic acids is 1. The maximum atomic E-state index is 14.0. The third-order valence-corrected chi connectivity index (χ3v) is 3.69. The Labute approximate surface area is 111 Å². The number of carboxylic acid groups (broad SMARTS) is 1. The number of rotatable bonds is 3. The zero-order valence-corrected chi connectivity index (χ0v) is 11.1. The molecule has 0 radical (unpaired) electrons. The summed E-state index contributed by atoms with van der Waals surface area (Å²) in [6.07, 6.45) is 1.73. The number of piperidine rings is 1. The molecule has 1 N–H and O–H groups in total. The third-order valence-electron chi connectivity index (χ3n) is 3.69. The fraction of sp³-hybridized carbons (Fsp3) is 0.500. The van der Waals surface area contributed by atoms with Gasteiger partial charge in [0.25, 0.3) is 0 Å². The predicted octanol–water partition coefficient (Wildman–Crippen LogP) is 2.53. The van der Waals surface area contributed by atoms with Crippen LogP contribution in [-0.4, -0.2) is 36.9 Å². The van der Waals surface area contributed by atoms with Crippen molar-refractivity contribution >= 4 is 11.7 Å². The first-order valence-electron chi connectivity index (χ1n) is 6.29. The molecule has 19 heavy (non-hydrogen) atoms. The van der Waals surface area contributed by atoms with Crippen LogP contribution in [0.1, 0.15) is 30.1 Å². The molecule has 0 bridgehead atoms. The van der Waals surface area contributed by atoms with Gasteiger partial charge in [-0.15, -0.1) is 0 Å². The first-order chi connectivity index (χ1) is 8.97. The molecular formula is C14H18FNO3. The van der Waals surface area contributed by atoms with Gasteiger partial charge in [0.2, 0.25) is 0 Å². The van der Waals surface area contributed by atoms with E-state index in [9.17, 15) is 14.3 Å². The molecular weight excluding hydrogens is 249 g/mol. The fourth-order valence-corrected chi connectivity index (χ4v) is 2.57. The Kier molecular flexibility index (Phi) is 3.75. The first-order valence-corrected chi connectivity index (χ1v) is 6.29. The van der Waals surface area contributed by atoms with Crippen molar-refractivity contribution in [3.63, 3.8) is 0 Å². The van der Waals surface area contributed by atoms with Gasteiger partial charge in [0, 0.05) is 20.2 Å². The highest BCUT2D eigenvalue weighted by Gasteiger charge is 2.33. The van der Waals surface area contributed by atoms with Gasteiger partial charge in [-0.25, -0.2) is 9.18 Å². The average Bonchev–Trinajstić information content (AvgIpc) is 2.38. The minimum Gasteiger partial charge on any atom is -0.478 e. The fourth-order valence-electron chi connectivity index (χ4n) is 2.57. The number of benzene rings is 1. The number of hydrogen-bond acceptors (Lipinski definition) is 3. The number of carbonyl (C=O) groups is 1. The lowest BCUT2D eigenvalue weighted by Crippen LogP contribution is -2.48. The molecule has 0 aliphatic carbocycles. The lowest BCUT2D eigenvalue weighted by Gasteiger charge is -2.41. The van der Waals surface area contributed by atoms with Gasteiger partial charge in [-0.1, -0.05) is 6.07 Å². The van der Waals surface area contributed by atoms with E-state index in [1.807, 2.05) is 6.92 Å². The summed E-state index contributed by atoms with van der Waals surface area (Å²) in [5.74, 6) is -1.61. The Morgan fingerprint density at radius 3 is 2.89 bits per heavy atom. The number of methoxy groups -OCH3 is 1. The molecule has 4 nitrogen and oxygen atoms in total. The Morgan fingerprint density at radius 1 is 1.53 bits per heavy atom. The van der Waals surface area contributed by atoms with E-state index in [-0.39, 0.29) is 16.9 Å². The van der Waals surface area contributed by atoms with Crippen LogP contribution >= 0.6 is 0 Å². The van der Waals surface area contributed by atoms with E-state index in [4.69, 9.17) is 4.74 Å². The van der Waals surface area contributed by atoms with Crippen LogP contribution in [0.2, 0.25) is 0 Å². The maximum absolute atomic E-state index is 14.0. The second kappa shape index (κ2) is 5.17. The topological polar surface area (TPSA) is 49.8 Å². The summed E-state index contributed by atoms with van der Waals surface area (Å²) in [6.45, 7) is 3.09. The van der Waals surface area contributed by atoms with Gasteiger partial charge < -0.3 is 14.7 Å². The van der Waals surface area contributed by atoms with Crippen LogP contribution in [0.3, 0.4) is 0 Å². The number of nitrogens with zero attached hydrogens (tertiary/aromatic N) is 1. The standard InChI is InChI=1S/C14H18FNO3/c1-14(19-2)7-4-8-16(9-14)12-10(13(17)18)5-3-6-11(12)15/h3,5-6H,4,7-9H2,1-2H3,(H,17,18). The lowest BCUT2D eigenvalue weighted by atomic mass is 9.93. The molecule has 0 spiro atoms. The van der Waals surface area contributed by atoms with Crippen molar-refractivity contribution in [2.75, 3.05) is 25.1 Å². The molecule has 1 heterocycles. The zero-order valence-electron chi connectivity index (χ0n) is 11.1. The lowest BCUT2D eigenvalue weighted by molar-refractivity contribution is -0.00484. The first kappa shape index (κ1) is 13.8. The normalized spacial score (nSPS) is 23.4. The van der Waals surface area contributed by atoms with E-state index < -0.39 is 11.8 Å². The van der Waals surface area contributed by atoms with Crippen molar-refractivity contribution in [2.45, 2.75) is 25.4 Å². The third kappa shape index (κ3) is 2.71. The molecule has 1 aliphatic rings. The SMILES string of the molecule is COC1(C)CCCN(c2c(F)cccc2C(=O)O)C1. The molecule has 0 aromatic heterocycles. The van der Waals surface area contributed by atoms with Crippen molar-refractivity contribution in [3.05, 3.63) is 29.6 Å². The Balaban J connectivity index is 2.38. The summed E-state index contributed by atoms with van der Waals surface area (Å²) in [4.78, 5) is 13.0. The summed E-state index contributed by atoms with van der Waals surface area (Å²) in [5.41, 5.74) is -0.200. The van der Waals surface area contributed by atoms with Gasteiger partial charge >= 0.3 is 5.97 Å².